The quantitative estimate of drug-likeness (QED) is 0.162. The van der Waals surface area contributed by atoms with Crippen LogP contribution >= 0.6 is 0 Å². The third-order valence-corrected chi connectivity index (χ3v) is 11.9. The molecule has 2 heterocycles. The molecule has 0 amide bonds. The molecule has 0 atom stereocenters. The van der Waals surface area contributed by atoms with Crippen LogP contribution in [-0.4, -0.2) is 19.5 Å². The average molecular weight is 758 g/mol. The summed E-state index contributed by atoms with van der Waals surface area (Å²) in [5, 5.41) is 2.32. The van der Waals surface area contributed by atoms with Crippen molar-refractivity contribution >= 4 is 38.9 Å². The molecule has 8 aromatic carbocycles. The Morgan fingerprint density at radius 1 is 0.390 bits per heavy atom. The van der Waals surface area contributed by atoms with E-state index < -0.39 is 0 Å². The van der Waals surface area contributed by atoms with Crippen LogP contribution in [0.4, 0.5) is 17.1 Å². The highest BCUT2D eigenvalue weighted by atomic mass is 15.2. The van der Waals surface area contributed by atoms with Crippen LogP contribution in [0.25, 0.3) is 72.8 Å². The Bertz CT molecular complexity index is 3070. The van der Waals surface area contributed by atoms with Gasteiger partial charge in [-0.05, 0) is 81.9 Å². The lowest BCUT2D eigenvalue weighted by molar-refractivity contribution is 0.660. The van der Waals surface area contributed by atoms with Crippen LogP contribution < -0.4 is 4.90 Å². The van der Waals surface area contributed by atoms with Crippen LogP contribution in [0.15, 0.2) is 200 Å². The molecule has 280 valence electrons. The lowest BCUT2D eigenvalue weighted by atomic mass is 9.82. The first-order valence-corrected chi connectivity index (χ1v) is 20.1. The van der Waals surface area contributed by atoms with Gasteiger partial charge < -0.3 is 4.90 Å². The fourth-order valence-corrected chi connectivity index (χ4v) is 9.01. The number of hydrogen-bond donors (Lipinski definition) is 0. The first kappa shape index (κ1) is 34.6. The van der Waals surface area contributed by atoms with E-state index in [1.165, 1.54) is 22.3 Å². The lowest BCUT2D eigenvalue weighted by Gasteiger charge is -2.25. The molecule has 11 rings (SSSR count). The summed E-state index contributed by atoms with van der Waals surface area (Å²) >= 11 is 0. The van der Waals surface area contributed by atoms with E-state index in [-0.39, 0.29) is 5.41 Å². The van der Waals surface area contributed by atoms with Gasteiger partial charge in [-0.25, -0.2) is 4.98 Å². The number of nitrogens with zero attached hydrogens (tertiary/aromatic N) is 5. The highest BCUT2D eigenvalue weighted by Gasteiger charge is 2.37. The maximum atomic E-state index is 5.34. The molecule has 10 aromatic rings. The molecule has 0 spiro atoms. The lowest BCUT2D eigenvalue weighted by Crippen LogP contribution is -2.14. The fraction of sp³-hybridized carbons (Fsp3) is 0.0556. The van der Waals surface area contributed by atoms with E-state index in [9.17, 15) is 0 Å². The van der Waals surface area contributed by atoms with Gasteiger partial charge in [-0.2, -0.15) is 9.97 Å². The van der Waals surface area contributed by atoms with Crippen LogP contribution in [-0.2, 0) is 5.41 Å². The molecule has 0 fully saturated rings. The molecular formula is C54H39N5. The second kappa shape index (κ2) is 13.8. The SMILES string of the molecule is CC1(C)c2ccccc2-c2c(-c3nc(-c4ccc(-c5ccc(N(c6ccccc6)c6ccccc6)cc5)cc4)nc(-n4c5ccccc5c5ccccc54)n3)cccc21. The standard InChI is InChI=1S/C54H39N5/c1-54(2)46-24-12-9-22-44(46)50-45(23-15-25-47(50)54)52-55-51(56-53(57-52)59-48-26-13-10-20-42(48)43-21-11-14-27-49(43)59)38-30-28-36(29-31-38)37-32-34-41(35-33-37)58(39-16-5-3-6-17-39)40-18-7-4-8-19-40/h3-35H,1-2H3. The van der Waals surface area contributed by atoms with Crippen molar-refractivity contribution in [2.24, 2.45) is 0 Å². The Kier molecular flexibility index (Phi) is 8.09. The van der Waals surface area contributed by atoms with E-state index in [1.54, 1.807) is 0 Å². The molecule has 5 heteroatoms. The normalized spacial score (nSPS) is 12.7. The Balaban J connectivity index is 1.03. The van der Waals surface area contributed by atoms with Crippen molar-refractivity contribution in [1.29, 1.82) is 0 Å². The summed E-state index contributed by atoms with van der Waals surface area (Å²) in [5.41, 5.74) is 14.5. The zero-order valence-corrected chi connectivity index (χ0v) is 32.8. The van der Waals surface area contributed by atoms with Gasteiger partial charge in [0.05, 0.1) is 11.0 Å². The predicted molar refractivity (Wildman–Crippen MR) is 243 cm³/mol. The molecule has 0 bridgehead atoms. The molecular weight excluding hydrogens is 719 g/mol. The molecule has 0 N–H and O–H groups in total. The number of fused-ring (bicyclic) bond motifs is 6. The Labute approximate surface area is 343 Å². The van der Waals surface area contributed by atoms with Crippen molar-refractivity contribution < 1.29 is 0 Å². The number of para-hydroxylation sites is 4. The van der Waals surface area contributed by atoms with Gasteiger partial charge in [0.1, 0.15) is 0 Å². The largest absolute Gasteiger partial charge is 0.311 e. The number of anilines is 3. The third-order valence-electron chi connectivity index (χ3n) is 11.9. The monoisotopic (exact) mass is 757 g/mol. The van der Waals surface area contributed by atoms with Crippen molar-refractivity contribution in [3.05, 3.63) is 211 Å². The maximum Gasteiger partial charge on any atom is 0.238 e. The fourth-order valence-electron chi connectivity index (χ4n) is 9.01. The van der Waals surface area contributed by atoms with Crippen LogP contribution in [0, 0.1) is 0 Å². The van der Waals surface area contributed by atoms with Crippen molar-refractivity contribution in [1.82, 2.24) is 19.5 Å². The van der Waals surface area contributed by atoms with Crippen LogP contribution in [0.3, 0.4) is 0 Å². The third kappa shape index (κ3) is 5.73. The second-order valence-corrected chi connectivity index (χ2v) is 15.7. The molecule has 0 saturated heterocycles. The zero-order chi connectivity index (χ0) is 39.5. The van der Waals surface area contributed by atoms with Gasteiger partial charge in [-0.15, -0.1) is 0 Å². The summed E-state index contributed by atoms with van der Waals surface area (Å²) < 4.78 is 2.19. The van der Waals surface area contributed by atoms with Crippen LogP contribution in [0.5, 0.6) is 0 Å². The minimum absolute atomic E-state index is 0.150. The van der Waals surface area contributed by atoms with E-state index in [4.69, 9.17) is 15.0 Å². The molecule has 1 aliphatic carbocycles. The molecule has 1 aliphatic rings. The van der Waals surface area contributed by atoms with Crippen LogP contribution in [0.1, 0.15) is 25.0 Å². The summed E-state index contributed by atoms with van der Waals surface area (Å²) in [7, 11) is 0. The smallest absolute Gasteiger partial charge is 0.238 e. The van der Waals surface area contributed by atoms with Gasteiger partial charge in [-0.1, -0.05) is 166 Å². The minimum Gasteiger partial charge on any atom is -0.311 e. The predicted octanol–water partition coefficient (Wildman–Crippen LogP) is 13.7. The summed E-state index contributed by atoms with van der Waals surface area (Å²) in [6.07, 6.45) is 0. The van der Waals surface area contributed by atoms with E-state index in [2.05, 4.69) is 224 Å². The van der Waals surface area contributed by atoms with Gasteiger partial charge in [0.2, 0.25) is 5.95 Å². The van der Waals surface area contributed by atoms with Gasteiger partial charge in [-0.3, -0.25) is 4.57 Å². The molecule has 59 heavy (non-hydrogen) atoms. The highest BCUT2D eigenvalue weighted by Crippen LogP contribution is 2.51. The molecule has 0 unspecified atom stereocenters. The van der Waals surface area contributed by atoms with E-state index in [0.29, 0.717) is 17.6 Å². The molecule has 2 aromatic heterocycles. The summed E-state index contributed by atoms with van der Waals surface area (Å²) in [4.78, 5) is 18.2. The minimum atomic E-state index is -0.150. The topological polar surface area (TPSA) is 46.8 Å². The van der Waals surface area contributed by atoms with Crippen molar-refractivity contribution in [3.63, 3.8) is 0 Å². The highest BCUT2D eigenvalue weighted by molar-refractivity contribution is 6.09. The first-order valence-electron chi connectivity index (χ1n) is 20.1. The first-order chi connectivity index (χ1) is 29.0. The van der Waals surface area contributed by atoms with Crippen molar-refractivity contribution in [2.45, 2.75) is 19.3 Å². The number of hydrogen-bond acceptors (Lipinski definition) is 4. The number of rotatable bonds is 7. The van der Waals surface area contributed by atoms with E-state index in [0.717, 1.165) is 61.1 Å². The van der Waals surface area contributed by atoms with Gasteiger partial charge in [0, 0.05) is 44.4 Å². The molecule has 5 nitrogen and oxygen atoms in total. The molecule has 0 aliphatic heterocycles. The second-order valence-electron chi connectivity index (χ2n) is 15.7. The van der Waals surface area contributed by atoms with Gasteiger partial charge in [0.15, 0.2) is 11.6 Å². The van der Waals surface area contributed by atoms with Gasteiger partial charge >= 0.3 is 0 Å². The van der Waals surface area contributed by atoms with Crippen LogP contribution in [0.2, 0.25) is 0 Å². The Morgan fingerprint density at radius 2 is 0.864 bits per heavy atom. The Morgan fingerprint density at radius 3 is 1.51 bits per heavy atom. The number of aromatic nitrogens is 4. The molecule has 0 saturated carbocycles. The molecule has 0 radical (unpaired) electrons. The summed E-state index contributed by atoms with van der Waals surface area (Å²) in [6.45, 7) is 4.61. The average Bonchev–Trinajstić information content (AvgIpc) is 3.76. The number of benzene rings is 8. The summed E-state index contributed by atoms with van der Waals surface area (Å²) in [6, 6.07) is 70.6. The zero-order valence-electron chi connectivity index (χ0n) is 32.8. The Hall–Kier alpha value is -7.63. The summed E-state index contributed by atoms with van der Waals surface area (Å²) in [5.74, 6) is 1.86. The maximum absolute atomic E-state index is 5.34. The van der Waals surface area contributed by atoms with E-state index in [1.807, 2.05) is 0 Å². The van der Waals surface area contributed by atoms with Crippen molar-refractivity contribution in [3.8, 4) is 51.0 Å². The van der Waals surface area contributed by atoms with Crippen molar-refractivity contribution in [2.75, 3.05) is 4.90 Å². The van der Waals surface area contributed by atoms with Gasteiger partial charge in [0.25, 0.3) is 0 Å². The van der Waals surface area contributed by atoms with E-state index >= 15 is 0 Å².